The van der Waals surface area contributed by atoms with Gasteiger partial charge in [-0.15, -0.1) is 0 Å². The molecule has 2 heterocycles. The Morgan fingerprint density at radius 2 is 1.91 bits per heavy atom. The number of halogens is 1. The summed E-state index contributed by atoms with van der Waals surface area (Å²) in [6, 6.07) is 4.40. The zero-order valence-corrected chi connectivity index (χ0v) is 12.6. The zero-order chi connectivity index (χ0) is 16.8. The molecule has 0 spiro atoms. The van der Waals surface area contributed by atoms with Crippen LogP contribution in [0.5, 0.6) is 0 Å². The molecule has 122 valence electrons. The Morgan fingerprint density at radius 1 is 1.26 bits per heavy atom. The van der Waals surface area contributed by atoms with E-state index in [0.717, 1.165) is 10.9 Å². The normalized spacial score (nSPS) is 17.4. The van der Waals surface area contributed by atoms with E-state index in [4.69, 9.17) is 5.11 Å². The molecule has 1 fully saturated rings. The van der Waals surface area contributed by atoms with E-state index in [0.29, 0.717) is 11.2 Å². The maximum atomic E-state index is 13.4. The predicted octanol–water partition coefficient (Wildman–Crippen LogP) is 1.67. The summed E-state index contributed by atoms with van der Waals surface area (Å²) in [5, 5.41) is 19.7. The lowest BCUT2D eigenvalue weighted by Crippen LogP contribution is -2.50. The Kier molecular flexibility index (Phi) is 3.60. The van der Waals surface area contributed by atoms with Gasteiger partial charge in [0, 0.05) is 36.8 Å². The lowest BCUT2D eigenvalue weighted by atomic mass is 9.91. The average Bonchev–Trinajstić information content (AvgIpc) is 2.91. The van der Waals surface area contributed by atoms with Crippen molar-refractivity contribution in [3.8, 4) is 0 Å². The number of hydrogen-bond donors (Lipinski definition) is 3. The number of aliphatic carboxylic acids is 1. The van der Waals surface area contributed by atoms with E-state index in [2.05, 4.69) is 4.98 Å². The molecule has 1 aliphatic rings. The van der Waals surface area contributed by atoms with Gasteiger partial charge in [0.05, 0.1) is 0 Å². The predicted molar refractivity (Wildman–Crippen MR) is 80.7 cm³/mol. The summed E-state index contributed by atoms with van der Waals surface area (Å²) in [6.45, 7) is 2.08. The van der Waals surface area contributed by atoms with Crippen molar-refractivity contribution in [2.24, 2.45) is 0 Å². The topological polar surface area (TPSA) is 93.6 Å². The number of carboxylic acid groups (broad SMARTS) is 1. The van der Waals surface area contributed by atoms with Crippen LogP contribution in [0, 0.1) is 12.7 Å². The van der Waals surface area contributed by atoms with Crippen molar-refractivity contribution in [3.05, 3.63) is 35.3 Å². The number of hydrogen-bond acceptors (Lipinski definition) is 3. The Bertz CT molecular complexity index is 791. The molecule has 3 N–H and O–H groups in total. The van der Waals surface area contributed by atoms with E-state index in [9.17, 15) is 19.1 Å². The van der Waals surface area contributed by atoms with Crippen LogP contribution in [0.1, 0.15) is 28.9 Å². The number of carboxylic acids is 1. The maximum Gasteiger partial charge on any atom is 0.335 e. The molecule has 3 rings (SSSR count). The first-order valence-electron chi connectivity index (χ1n) is 7.34. The SMILES string of the molecule is Cc1cc(F)cc2[nH]c(C(=O)N3CCC(O)(C(=O)O)CC3)cc12. The van der Waals surface area contributed by atoms with Crippen LogP contribution in [0.2, 0.25) is 0 Å². The highest BCUT2D eigenvalue weighted by molar-refractivity contribution is 5.99. The van der Waals surface area contributed by atoms with Crippen molar-refractivity contribution in [3.63, 3.8) is 0 Å². The molecular weight excluding hydrogens is 303 g/mol. The average molecular weight is 320 g/mol. The Hall–Kier alpha value is -2.41. The molecule has 1 saturated heterocycles. The monoisotopic (exact) mass is 320 g/mol. The lowest BCUT2D eigenvalue weighted by Gasteiger charge is -2.35. The van der Waals surface area contributed by atoms with Crippen LogP contribution in [0.15, 0.2) is 18.2 Å². The Morgan fingerprint density at radius 3 is 2.52 bits per heavy atom. The number of H-pyrrole nitrogens is 1. The molecule has 0 atom stereocenters. The summed E-state index contributed by atoms with van der Waals surface area (Å²) < 4.78 is 13.4. The Labute approximate surface area is 131 Å². The summed E-state index contributed by atoms with van der Waals surface area (Å²) >= 11 is 0. The zero-order valence-electron chi connectivity index (χ0n) is 12.6. The Balaban J connectivity index is 1.82. The van der Waals surface area contributed by atoms with Crippen molar-refractivity contribution in [1.82, 2.24) is 9.88 Å². The number of rotatable bonds is 2. The molecule has 1 aliphatic heterocycles. The molecule has 0 saturated carbocycles. The number of nitrogens with zero attached hydrogens (tertiary/aromatic N) is 1. The van der Waals surface area contributed by atoms with Gasteiger partial charge in [0.15, 0.2) is 5.60 Å². The smallest absolute Gasteiger partial charge is 0.335 e. The van der Waals surface area contributed by atoms with E-state index in [1.54, 1.807) is 13.0 Å². The summed E-state index contributed by atoms with van der Waals surface area (Å²) in [5.74, 6) is -1.92. The molecule has 0 radical (unpaired) electrons. The number of nitrogens with one attached hydrogen (secondary N) is 1. The number of aryl methyl sites for hydroxylation is 1. The quantitative estimate of drug-likeness (QED) is 0.784. The van der Waals surface area contributed by atoms with Crippen LogP contribution in [0.25, 0.3) is 10.9 Å². The number of carbonyl (C=O) groups excluding carboxylic acids is 1. The van der Waals surface area contributed by atoms with Gasteiger partial charge in [0.1, 0.15) is 11.5 Å². The fourth-order valence-electron chi connectivity index (χ4n) is 2.95. The van der Waals surface area contributed by atoms with Crippen LogP contribution < -0.4 is 0 Å². The van der Waals surface area contributed by atoms with E-state index in [1.165, 1.54) is 17.0 Å². The van der Waals surface area contributed by atoms with Gasteiger partial charge >= 0.3 is 5.97 Å². The van der Waals surface area contributed by atoms with Gasteiger partial charge in [-0.3, -0.25) is 4.79 Å². The van der Waals surface area contributed by atoms with Crippen LogP contribution in [-0.4, -0.2) is 50.7 Å². The highest BCUT2D eigenvalue weighted by atomic mass is 19.1. The number of aromatic nitrogens is 1. The minimum absolute atomic E-state index is 0.0119. The van der Waals surface area contributed by atoms with Crippen molar-refractivity contribution < 1.29 is 24.2 Å². The molecule has 1 amide bonds. The van der Waals surface area contributed by atoms with Gasteiger partial charge in [-0.2, -0.15) is 0 Å². The van der Waals surface area contributed by atoms with E-state index in [-0.39, 0.29) is 37.7 Å². The molecule has 0 unspecified atom stereocenters. The minimum atomic E-state index is -1.77. The third kappa shape index (κ3) is 2.68. The van der Waals surface area contributed by atoms with E-state index >= 15 is 0 Å². The molecule has 7 heteroatoms. The highest BCUT2D eigenvalue weighted by Gasteiger charge is 2.40. The third-order valence-electron chi connectivity index (χ3n) is 4.42. The third-order valence-corrected chi connectivity index (χ3v) is 4.42. The molecule has 2 aromatic rings. The second-order valence-corrected chi connectivity index (χ2v) is 6.00. The van der Waals surface area contributed by atoms with Crippen LogP contribution in [-0.2, 0) is 4.79 Å². The molecule has 23 heavy (non-hydrogen) atoms. The fourth-order valence-corrected chi connectivity index (χ4v) is 2.95. The fraction of sp³-hybridized carbons (Fsp3) is 0.375. The lowest BCUT2D eigenvalue weighted by molar-refractivity contribution is -0.162. The first kappa shape index (κ1) is 15.5. The first-order chi connectivity index (χ1) is 10.8. The van der Waals surface area contributed by atoms with E-state index < -0.39 is 11.6 Å². The van der Waals surface area contributed by atoms with Gasteiger partial charge in [-0.05, 0) is 30.7 Å². The second-order valence-electron chi connectivity index (χ2n) is 6.00. The largest absolute Gasteiger partial charge is 0.479 e. The number of likely N-dealkylation sites (tertiary alicyclic amines) is 1. The van der Waals surface area contributed by atoms with Crippen LogP contribution >= 0.6 is 0 Å². The molecule has 6 nitrogen and oxygen atoms in total. The van der Waals surface area contributed by atoms with Crippen molar-refractivity contribution >= 4 is 22.8 Å². The van der Waals surface area contributed by atoms with Crippen molar-refractivity contribution in [2.75, 3.05) is 13.1 Å². The maximum absolute atomic E-state index is 13.4. The van der Waals surface area contributed by atoms with Gasteiger partial charge in [-0.25, -0.2) is 9.18 Å². The van der Waals surface area contributed by atoms with E-state index in [1.807, 2.05) is 0 Å². The van der Waals surface area contributed by atoms with Gasteiger partial charge in [0.25, 0.3) is 5.91 Å². The molecular formula is C16H17FN2O4. The standard InChI is InChI=1S/C16H17FN2O4/c1-9-6-10(17)7-12-11(9)8-13(18-12)14(20)19-4-2-16(23,3-5-19)15(21)22/h6-8,18,23H,2-5H2,1H3,(H,21,22). The van der Waals surface area contributed by atoms with Gasteiger partial charge in [-0.1, -0.05) is 0 Å². The second kappa shape index (κ2) is 5.34. The number of aromatic amines is 1. The molecule has 1 aromatic carbocycles. The van der Waals surface area contributed by atoms with Crippen LogP contribution in [0.3, 0.4) is 0 Å². The number of amides is 1. The molecule has 0 bridgehead atoms. The number of fused-ring (bicyclic) bond motifs is 1. The highest BCUT2D eigenvalue weighted by Crippen LogP contribution is 2.25. The molecule has 1 aromatic heterocycles. The summed E-state index contributed by atoms with van der Waals surface area (Å²) in [5.41, 5.74) is -0.162. The summed E-state index contributed by atoms with van der Waals surface area (Å²) in [4.78, 5) is 27.9. The molecule has 0 aliphatic carbocycles. The van der Waals surface area contributed by atoms with Gasteiger partial charge in [0.2, 0.25) is 0 Å². The van der Waals surface area contributed by atoms with Crippen LogP contribution in [0.4, 0.5) is 4.39 Å². The number of aliphatic hydroxyl groups is 1. The number of piperidine rings is 1. The summed E-state index contributed by atoms with van der Waals surface area (Å²) in [6.07, 6.45) is -0.0239. The number of carbonyl (C=O) groups is 2. The number of benzene rings is 1. The van der Waals surface area contributed by atoms with Gasteiger partial charge < -0.3 is 20.1 Å². The summed E-state index contributed by atoms with van der Waals surface area (Å²) in [7, 11) is 0. The van der Waals surface area contributed by atoms with Crippen molar-refractivity contribution in [1.29, 1.82) is 0 Å². The minimum Gasteiger partial charge on any atom is -0.479 e. The first-order valence-corrected chi connectivity index (χ1v) is 7.34. The van der Waals surface area contributed by atoms with Crippen molar-refractivity contribution in [2.45, 2.75) is 25.4 Å².